The average Bonchev–Trinajstić information content (AvgIpc) is 2.95. The van der Waals surface area contributed by atoms with Crippen molar-refractivity contribution in [2.45, 2.75) is 25.8 Å². The molecule has 128 valence electrons. The molecule has 2 N–H and O–H groups in total. The summed E-state index contributed by atoms with van der Waals surface area (Å²) in [5.41, 5.74) is 0.120. The van der Waals surface area contributed by atoms with Gasteiger partial charge in [-0.25, -0.2) is 17.9 Å². The van der Waals surface area contributed by atoms with Gasteiger partial charge >= 0.3 is 0 Å². The van der Waals surface area contributed by atoms with E-state index in [9.17, 15) is 18.0 Å². The van der Waals surface area contributed by atoms with Crippen LogP contribution in [0, 0.1) is 24.4 Å². The Morgan fingerprint density at radius 1 is 1.21 bits per heavy atom. The van der Waals surface area contributed by atoms with Crippen molar-refractivity contribution in [3.63, 3.8) is 0 Å². The van der Waals surface area contributed by atoms with Gasteiger partial charge in [-0.1, -0.05) is 5.21 Å². The van der Waals surface area contributed by atoms with E-state index in [1.54, 1.807) is 11.6 Å². The van der Waals surface area contributed by atoms with Crippen LogP contribution in [-0.2, 0) is 0 Å². The van der Waals surface area contributed by atoms with Gasteiger partial charge in [-0.05, 0) is 32.9 Å². The van der Waals surface area contributed by atoms with Crippen molar-refractivity contribution in [1.82, 2.24) is 20.3 Å². The number of piperidine rings is 1. The van der Waals surface area contributed by atoms with Crippen LogP contribution in [-0.4, -0.2) is 34.0 Å². The van der Waals surface area contributed by atoms with Gasteiger partial charge in [0, 0.05) is 12.1 Å². The summed E-state index contributed by atoms with van der Waals surface area (Å²) in [6, 6.07) is 1.11. The highest BCUT2D eigenvalue weighted by Crippen LogP contribution is 2.22. The second-order valence-corrected chi connectivity index (χ2v) is 5.65. The molecule has 0 radical (unpaired) electrons. The third-order valence-corrected chi connectivity index (χ3v) is 4.06. The Morgan fingerprint density at radius 2 is 1.88 bits per heavy atom. The lowest BCUT2D eigenvalue weighted by Gasteiger charge is -2.23. The topological polar surface area (TPSA) is 71.8 Å². The Kier molecular flexibility index (Phi) is 4.52. The molecule has 1 fully saturated rings. The fourth-order valence-corrected chi connectivity index (χ4v) is 2.75. The van der Waals surface area contributed by atoms with Crippen molar-refractivity contribution in [1.29, 1.82) is 0 Å². The van der Waals surface area contributed by atoms with E-state index < -0.39 is 29.0 Å². The number of nitrogens with zero attached hydrogens (tertiary/aromatic N) is 3. The molecule has 2 heterocycles. The molecular weight excluding hydrogens is 323 g/mol. The van der Waals surface area contributed by atoms with Crippen molar-refractivity contribution in [3.05, 3.63) is 41.0 Å². The number of hydrogen-bond donors (Lipinski definition) is 2. The Bertz CT molecular complexity index is 771. The highest BCUT2D eigenvalue weighted by atomic mass is 19.2. The van der Waals surface area contributed by atoms with E-state index in [0.717, 1.165) is 25.9 Å². The second-order valence-electron chi connectivity index (χ2n) is 5.65. The number of halogens is 3. The van der Waals surface area contributed by atoms with Gasteiger partial charge in [0.1, 0.15) is 5.82 Å². The van der Waals surface area contributed by atoms with Gasteiger partial charge in [-0.15, -0.1) is 5.10 Å². The van der Waals surface area contributed by atoms with Crippen LogP contribution >= 0.6 is 0 Å². The summed E-state index contributed by atoms with van der Waals surface area (Å²) in [6.45, 7) is 3.40. The molecule has 2 aromatic rings. The number of carbonyl (C=O) groups is 1. The Balaban J connectivity index is 1.81. The molecule has 0 spiro atoms. The molecule has 0 bridgehead atoms. The zero-order valence-electron chi connectivity index (χ0n) is 12.9. The van der Waals surface area contributed by atoms with Crippen LogP contribution in [0.5, 0.6) is 0 Å². The van der Waals surface area contributed by atoms with E-state index in [-0.39, 0.29) is 11.7 Å². The predicted molar refractivity (Wildman–Crippen MR) is 80.2 cm³/mol. The number of nitrogens with one attached hydrogen (secondary N) is 2. The largest absolute Gasteiger partial charge is 0.318 e. The van der Waals surface area contributed by atoms with Gasteiger partial charge in [-0.2, -0.15) is 0 Å². The van der Waals surface area contributed by atoms with E-state index >= 15 is 0 Å². The van der Waals surface area contributed by atoms with E-state index in [1.807, 2.05) is 0 Å². The summed E-state index contributed by atoms with van der Waals surface area (Å²) in [7, 11) is 0. The van der Waals surface area contributed by atoms with Crippen LogP contribution in [0.4, 0.5) is 18.9 Å². The van der Waals surface area contributed by atoms with Crippen LogP contribution in [0.2, 0.25) is 0 Å². The van der Waals surface area contributed by atoms with E-state index in [2.05, 4.69) is 20.9 Å². The molecular formula is C15H16F3N5O. The minimum Gasteiger partial charge on any atom is -0.318 e. The predicted octanol–water partition coefficient (Wildman–Crippen LogP) is 2.18. The normalized spacial score (nSPS) is 15.5. The van der Waals surface area contributed by atoms with Crippen LogP contribution in [0.3, 0.4) is 0 Å². The first-order valence-corrected chi connectivity index (χ1v) is 7.55. The molecule has 3 rings (SSSR count). The summed E-state index contributed by atoms with van der Waals surface area (Å²) < 4.78 is 41.5. The molecule has 1 aliphatic rings. The summed E-state index contributed by atoms with van der Waals surface area (Å²) >= 11 is 0. The monoisotopic (exact) mass is 339 g/mol. The zero-order valence-corrected chi connectivity index (χ0v) is 12.9. The molecule has 0 aliphatic carbocycles. The minimum absolute atomic E-state index is 0.0256. The average molecular weight is 339 g/mol. The molecule has 0 atom stereocenters. The molecule has 0 unspecified atom stereocenters. The standard InChI is InChI=1S/C15H16F3N5O/c1-8-14(21-22-23(8)9-2-4-19-5-3-9)15(24)20-13-7-11(17)10(16)6-12(13)18/h6-7,9,19H,2-5H2,1H3,(H,20,24). The molecule has 24 heavy (non-hydrogen) atoms. The Hall–Kier alpha value is -2.42. The first-order chi connectivity index (χ1) is 11.5. The molecule has 1 aromatic carbocycles. The first-order valence-electron chi connectivity index (χ1n) is 7.55. The molecule has 9 heteroatoms. The zero-order chi connectivity index (χ0) is 17.3. The van der Waals surface area contributed by atoms with Gasteiger partial charge in [0.05, 0.1) is 17.4 Å². The van der Waals surface area contributed by atoms with E-state index in [1.165, 1.54) is 0 Å². The van der Waals surface area contributed by atoms with Crippen LogP contribution in [0.15, 0.2) is 12.1 Å². The van der Waals surface area contributed by atoms with Crippen molar-refractivity contribution in [2.24, 2.45) is 0 Å². The summed E-state index contributed by atoms with van der Waals surface area (Å²) in [5, 5.41) is 13.3. The fraction of sp³-hybridized carbons (Fsp3) is 0.400. The summed E-state index contributed by atoms with van der Waals surface area (Å²) in [5.74, 6) is -4.36. The Labute approximate surface area is 136 Å². The van der Waals surface area contributed by atoms with Gasteiger partial charge in [0.15, 0.2) is 17.3 Å². The van der Waals surface area contributed by atoms with Gasteiger partial charge < -0.3 is 10.6 Å². The molecule has 1 saturated heterocycles. The third-order valence-electron chi connectivity index (χ3n) is 4.06. The van der Waals surface area contributed by atoms with E-state index in [4.69, 9.17) is 0 Å². The smallest absolute Gasteiger partial charge is 0.278 e. The lowest BCUT2D eigenvalue weighted by Crippen LogP contribution is -2.30. The van der Waals surface area contributed by atoms with Gasteiger partial charge in [-0.3, -0.25) is 4.79 Å². The summed E-state index contributed by atoms with van der Waals surface area (Å²) in [6.07, 6.45) is 1.73. The van der Waals surface area contributed by atoms with Crippen molar-refractivity contribution < 1.29 is 18.0 Å². The maximum atomic E-state index is 13.6. The SMILES string of the molecule is Cc1c(C(=O)Nc2cc(F)c(F)cc2F)nnn1C1CCNCC1. The molecule has 1 aliphatic heterocycles. The maximum Gasteiger partial charge on any atom is 0.278 e. The number of rotatable bonds is 3. The van der Waals surface area contributed by atoms with Gasteiger partial charge in [0.25, 0.3) is 5.91 Å². The third kappa shape index (κ3) is 3.12. The number of hydrogen-bond acceptors (Lipinski definition) is 4. The highest BCUT2D eigenvalue weighted by Gasteiger charge is 2.23. The van der Waals surface area contributed by atoms with Crippen molar-refractivity contribution in [2.75, 3.05) is 18.4 Å². The number of anilines is 1. The second kappa shape index (κ2) is 6.60. The van der Waals surface area contributed by atoms with Crippen molar-refractivity contribution >= 4 is 11.6 Å². The van der Waals surface area contributed by atoms with Crippen molar-refractivity contribution in [3.8, 4) is 0 Å². The molecule has 6 nitrogen and oxygen atoms in total. The van der Waals surface area contributed by atoms with E-state index in [0.29, 0.717) is 17.8 Å². The molecule has 0 saturated carbocycles. The lowest BCUT2D eigenvalue weighted by molar-refractivity contribution is 0.102. The van der Waals surface area contributed by atoms with Crippen LogP contribution in [0.1, 0.15) is 35.1 Å². The Morgan fingerprint density at radius 3 is 2.58 bits per heavy atom. The van der Waals surface area contributed by atoms with Crippen LogP contribution < -0.4 is 10.6 Å². The number of benzene rings is 1. The lowest BCUT2D eigenvalue weighted by atomic mass is 10.1. The molecule has 1 aromatic heterocycles. The van der Waals surface area contributed by atoms with Crippen LogP contribution in [0.25, 0.3) is 0 Å². The number of aromatic nitrogens is 3. The number of amides is 1. The maximum absolute atomic E-state index is 13.6. The van der Waals surface area contributed by atoms with Gasteiger partial charge in [0.2, 0.25) is 0 Å². The highest BCUT2D eigenvalue weighted by molar-refractivity contribution is 6.03. The first kappa shape index (κ1) is 16.4. The fourth-order valence-electron chi connectivity index (χ4n) is 2.75. The summed E-state index contributed by atoms with van der Waals surface area (Å²) in [4.78, 5) is 12.3. The quantitative estimate of drug-likeness (QED) is 0.841. The molecule has 1 amide bonds. The minimum atomic E-state index is -1.32. The number of carbonyl (C=O) groups excluding carboxylic acids is 1.